The lowest BCUT2D eigenvalue weighted by atomic mass is 10.2. The number of aliphatic hydroxyl groups is 1. The van der Waals surface area contributed by atoms with Crippen LogP contribution >= 0.6 is 0 Å². The van der Waals surface area contributed by atoms with Crippen LogP contribution in [-0.4, -0.2) is 42.4 Å². The quantitative estimate of drug-likeness (QED) is 0.778. The molecular formula is C12H18N2O3. The van der Waals surface area contributed by atoms with Gasteiger partial charge in [0.05, 0.1) is 24.8 Å². The van der Waals surface area contributed by atoms with Gasteiger partial charge in [0.2, 0.25) is 0 Å². The van der Waals surface area contributed by atoms with Crippen molar-refractivity contribution >= 4 is 11.8 Å². The van der Waals surface area contributed by atoms with Crippen LogP contribution in [0.3, 0.4) is 0 Å². The number of nitrogens with zero attached hydrogens (tertiary/aromatic N) is 2. The predicted molar refractivity (Wildman–Crippen MR) is 65.1 cm³/mol. The van der Waals surface area contributed by atoms with Gasteiger partial charge >= 0.3 is 5.97 Å². The fourth-order valence-corrected chi connectivity index (χ4v) is 1.28. The van der Waals surface area contributed by atoms with Crippen molar-refractivity contribution in [2.75, 3.05) is 25.2 Å². The van der Waals surface area contributed by atoms with E-state index in [-0.39, 0.29) is 18.6 Å². The van der Waals surface area contributed by atoms with Crippen LogP contribution in [0.4, 0.5) is 5.82 Å². The summed E-state index contributed by atoms with van der Waals surface area (Å²) >= 11 is 0. The molecule has 5 heteroatoms. The average Bonchev–Trinajstić information content (AvgIpc) is 2.37. The molecule has 1 aromatic rings. The van der Waals surface area contributed by atoms with E-state index in [4.69, 9.17) is 9.84 Å². The highest BCUT2D eigenvalue weighted by Crippen LogP contribution is 2.12. The zero-order valence-corrected chi connectivity index (χ0v) is 10.4. The van der Waals surface area contributed by atoms with Crippen LogP contribution in [0, 0.1) is 0 Å². The Balaban J connectivity index is 2.77. The molecule has 17 heavy (non-hydrogen) atoms. The molecule has 1 aromatic heterocycles. The Morgan fingerprint density at radius 3 is 2.76 bits per heavy atom. The number of anilines is 1. The number of likely N-dealkylation sites (N-methyl/N-ethyl adjacent to an activating group) is 1. The summed E-state index contributed by atoms with van der Waals surface area (Å²) in [5.41, 5.74) is 0.431. The third-order valence-corrected chi connectivity index (χ3v) is 2.55. The van der Waals surface area contributed by atoms with E-state index in [0.29, 0.717) is 18.0 Å². The second-order valence-corrected chi connectivity index (χ2v) is 3.77. The van der Waals surface area contributed by atoms with Gasteiger partial charge in [-0.2, -0.15) is 0 Å². The number of carbonyl (C=O) groups excluding carboxylic acids is 1. The molecule has 1 heterocycles. The molecule has 0 fully saturated rings. The lowest BCUT2D eigenvalue weighted by Gasteiger charge is -2.24. The number of esters is 1. The van der Waals surface area contributed by atoms with Gasteiger partial charge in [-0.15, -0.1) is 0 Å². The fourth-order valence-electron chi connectivity index (χ4n) is 1.28. The number of ether oxygens (including phenoxy) is 1. The van der Waals surface area contributed by atoms with Crippen molar-refractivity contribution in [3.63, 3.8) is 0 Å². The Morgan fingerprint density at radius 2 is 2.29 bits per heavy atom. The van der Waals surface area contributed by atoms with E-state index in [1.165, 1.54) is 6.20 Å². The van der Waals surface area contributed by atoms with Crippen LogP contribution < -0.4 is 4.90 Å². The fraction of sp³-hybridized carbons (Fsp3) is 0.500. The highest BCUT2D eigenvalue weighted by molar-refractivity contribution is 5.89. The number of hydrogen-bond donors (Lipinski definition) is 1. The minimum Gasteiger partial charge on any atom is -0.462 e. The molecule has 1 atom stereocenters. The molecule has 0 aromatic carbocycles. The van der Waals surface area contributed by atoms with E-state index in [1.54, 1.807) is 19.1 Å². The molecule has 0 saturated heterocycles. The molecule has 0 aliphatic carbocycles. The van der Waals surface area contributed by atoms with Gasteiger partial charge in [-0.3, -0.25) is 0 Å². The van der Waals surface area contributed by atoms with E-state index in [2.05, 4.69) is 4.98 Å². The Bertz CT molecular complexity index is 365. The zero-order chi connectivity index (χ0) is 12.8. The third-order valence-electron chi connectivity index (χ3n) is 2.55. The standard InChI is InChI=1S/C12H18N2O3/c1-4-17-12(16)10-5-6-11(13-7-10)14(3)9(2)8-15/h5-7,9,15H,4,8H2,1-3H3. The first-order valence-corrected chi connectivity index (χ1v) is 5.57. The molecule has 0 spiro atoms. The van der Waals surface area contributed by atoms with Crippen LogP contribution in [-0.2, 0) is 4.74 Å². The van der Waals surface area contributed by atoms with E-state index in [9.17, 15) is 4.79 Å². The van der Waals surface area contributed by atoms with Crippen LogP contribution in [0.25, 0.3) is 0 Å². The molecule has 0 saturated carbocycles. The highest BCUT2D eigenvalue weighted by atomic mass is 16.5. The van der Waals surface area contributed by atoms with Gasteiger partial charge in [0.25, 0.3) is 0 Å². The molecule has 1 rings (SSSR count). The van der Waals surface area contributed by atoms with Gasteiger partial charge in [0.1, 0.15) is 5.82 Å². The van der Waals surface area contributed by atoms with Gasteiger partial charge in [-0.25, -0.2) is 9.78 Å². The second-order valence-electron chi connectivity index (χ2n) is 3.77. The van der Waals surface area contributed by atoms with E-state index >= 15 is 0 Å². The Morgan fingerprint density at radius 1 is 1.59 bits per heavy atom. The van der Waals surface area contributed by atoms with Crippen molar-refractivity contribution in [2.45, 2.75) is 19.9 Å². The van der Waals surface area contributed by atoms with E-state index in [1.807, 2.05) is 18.9 Å². The second kappa shape index (κ2) is 6.20. The number of aliphatic hydroxyl groups excluding tert-OH is 1. The Hall–Kier alpha value is -1.62. The zero-order valence-electron chi connectivity index (χ0n) is 10.4. The largest absolute Gasteiger partial charge is 0.462 e. The minimum absolute atomic E-state index is 0.0176. The molecule has 0 aliphatic heterocycles. The summed E-state index contributed by atoms with van der Waals surface area (Å²) in [4.78, 5) is 17.4. The van der Waals surface area contributed by atoms with Crippen molar-refractivity contribution in [3.8, 4) is 0 Å². The smallest absolute Gasteiger partial charge is 0.339 e. The number of hydrogen-bond acceptors (Lipinski definition) is 5. The SMILES string of the molecule is CCOC(=O)c1ccc(N(C)C(C)CO)nc1. The van der Waals surface area contributed by atoms with Crippen LogP contribution in [0.1, 0.15) is 24.2 Å². The van der Waals surface area contributed by atoms with Crippen molar-refractivity contribution in [1.29, 1.82) is 0 Å². The van der Waals surface area contributed by atoms with Crippen molar-refractivity contribution in [2.24, 2.45) is 0 Å². The van der Waals surface area contributed by atoms with Crippen molar-refractivity contribution < 1.29 is 14.6 Å². The molecular weight excluding hydrogens is 220 g/mol. The molecule has 0 radical (unpaired) electrons. The molecule has 1 N–H and O–H groups in total. The predicted octanol–water partition coefficient (Wildman–Crippen LogP) is 1.08. The summed E-state index contributed by atoms with van der Waals surface area (Å²) in [6, 6.07) is 3.38. The van der Waals surface area contributed by atoms with E-state index < -0.39 is 0 Å². The van der Waals surface area contributed by atoms with Gasteiger partial charge < -0.3 is 14.7 Å². The van der Waals surface area contributed by atoms with Gasteiger partial charge in [0, 0.05) is 13.2 Å². The maximum Gasteiger partial charge on any atom is 0.339 e. The lowest BCUT2D eigenvalue weighted by molar-refractivity contribution is 0.0526. The molecule has 94 valence electrons. The van der Waals surface area contributed by atoms with Crippen LogP contribution in [0.2, 0.25) is 0 Å². The third kappa shape index (κ3) is 3.42. The summed E-state index contributed by atoms with van der Waals surface area (Å²) in [5, 5.41) is 9.04. The van der Waals surface area contributed by atoms with Crippen LogP contribution in [0.15, 0.2) is 18.3 Å². The van der Waals surface area contributed by atoms with Gasteiger partial charge in [-0.05, 0) is 26.0 Å². The van der Waals surface area contributed by atoms with Crippen molar-refractivity contribution in [3.05, 3.63) is 23.9 Å². The maximum atomic E-state index is 11.4. The van der Waals surface area contributed by atoms with Crippen molar-refractivity contribution in [1.82, 2.24) is 4.98 Å². The molecule has 5 nitrogen and oxygen atoms in total. The maximum absolute atomic E-state index is 11.4. The molecule has 0 bridgehead atoms. The minimum atomic E-state index is -0.371. The average molecular weight is 238 g/mol. The normalized spacial score (nSPS) is 12.0. The molecule has 0 amide bonds. The summed E-state index contributed by atoms with van der Waals surface area (Å²) < 4.78 is 4.86. The van der Waals surface area contributed by atoms with E-state index in [0.717, 1.165) is 0 Å². The number of aromatic nitrogens is 1. The summed E-state index contributed by atoms with van der Waals surface area (Å²) in [5.74, 6) is 0.337. The topological polar surface area (TPSA) is 62.7 Å². The number of pyridine rings is 1. The summed E-state index contributed by atoms with van der Waals surface area (Å²) in [6.07, 6.45) is 1.48. The van der Waals surface area contributed by atoms with Crippen LogP contribution in [0.5, 0.6) is 0 Å². The lowest BCUT2D eigenvalue weighted by Crippen LogP contribution is -2.32. The monoisotopic (exact) mass is 238 g/mol. The Kier molecular flexibility index (Phi) is 4.90. The molecule has 0 aliphatic rings. The summed E-state index contributed by atoms with van der Waals surface area (Å²) in [6.45, 7) is 4.05. The molecule has 1 unspecified atom stereocenters. The first-order valence-electron chi connectivity index (χ1n) is 5.57. The first kappa shape index (κ1) is 13.4. The number of carbonyl (C=O) groups is 1. The highest BCUT2D eigenvalue weighted by Gasteiger charge is 2.11. The van der Waals surface area contributed by atoms with Gasteiger partial charge in [0.15, 0.2) is 0 Å². The summed E-state index contributed by atoms with van der Waals surface area (Å²) in [7, 11) is 1.84. The number of rotatable bonds is 5. The van der Waals surface area contributed by atoms with Gasteiger partial charge in [-0.1, -0.05) is 0 Å². The first-order chi connectivity index (χ1) is 8.10. The Labute approximate surface area is 101 Å².